The number of carbonyl (C=O) groups is 3. The van der Waals surface area contributed by atoms with Gasteiger partial charge in [-0.3, -0.25) is 14.4 Å². The fourth-order valence-electron chi connectivity index (χ4n) is 7.76. The third-order valence-corrected chi connectivity index (χ3v) is 10.8. The van der Waals surface area contributed by atoms with Crippen LogP contribution in [-0.2, 0) is 20.5 Å². The Labute approximate surface area is 275 Å². The summed E-state index contributed by atoms with van der Waals surface area (Å²) in [5, 5.41) is 8.93. The van der Waals surface area contributed by atoms with Gasteiger partial charge in [-0.25, -0.2) is 0 Å². The summed E-state index contributed by atoms with van der Waals surface area (Å²) in [6.45, 7) is 15.1. The third kappa shape index (κ3) is 7.20. The monoisotopic (exact) mass is 629 g/mol. The van der Waals surface area contributed by atoms with Crippen LogP contribution in [0.2, 0.25) is 0 Å². The summed E-state index contributed by atoms with van der Waals surface area (Å²) in [4.78, 5) is 40.4. The number of unbranched alkanes of at least 4 members (excludes halogenated alkanes) is 1. The molecule has 9 heteroatoms. The minimum atomic E-state index is -1.01. The van der Waals surface area contributed by atoms with Crippen LogP contribution in [0, 0.1) is 30.1 Å². The maximum atomic E-state index is 14.0. The zero-order chi connectivity index (χ0) is 33.2. The second kappa shape index (κ2) is 13.9. The molecule has 8 nitrogen and oxygen atoms in total. The number of rotatable bonds is 13. The van der Waals surface area contributed by atoms with Crippen LogP contribution < -0.4 is 16.0 Å². The molecule has 46 heavy (non-hydrogen) atoms. The lowest BCUT2D eigenvalue weighted by Crippen LogP contribution is -2.65. The SMILES string of the molecule is CCCCc1ccc(C(=O)NC(CNC(=O)c2ccc(C)cc2)C(=O)NC(CC(C)C)B2OC3C[C@@H]4C[C@@H](C4(C)C)[C@]3(C)O2)cc1. The lowest BCUT2D eigenvalue weighted by Gasteiger charge is -2.64. The van der Waals surface area contributed by atoms with E-state index in [9.17, 15) is 14.4 Å². The molecule has 2 bridgehead atoms. The van der Waals surface area contributed by atoms with Gasteiger partial charge in [0, 0.05) is 17.7 Å². The Morgan fingerprint density at radius 1 is 0.935 bits per heavy atom. The summed E-state index contributed by atoms with van der Waals surface area (Å²) in [5.41, 5.74) is 2.97. The zero-order valence-electron chi connectivity index (χ0n) is 28.7. The fraction of sp³-hybridized carbons (Fsp3) is 0.595. The first kappa shape index (κ1) is 34.2. The Kier molecular flexibility index (Phi) is 10.3. The molecule has 2 aromatic rings. The summed E-state index contributed by atoms with van der Waals surface area (Å²) in [6.07, 6.45) is 5.87. The fourth-order valence-corrected chi connectivity index (χ4v) is 7.76. The number of hydrogen-bond donors (Lipinski definition) is 3. The van der Waals surface area contributed by atoms with Crippen LogP contribution in [0.25, 0.3) is 0 Å². The van der Waals surface area contributed by atoms with Crippen molar-refractivity contribution in [2.45, 2.75) is 111 Å². The van der Waals surface area contributed by atoms with Gasteiger partial charge in [0.1, 0.15) is 6.04 Å². The van der Waals surface area contributed by atoms with Crippen molar-refractivity contribution in [1.29, 1.82) is 0 Å². The number of carbonyl (C=O) groups excluding carboxylic acids is 3. The molecule has 1 aliphatic heterocycles. The molecular formula is C37H52BN3O5. The van der Waals surface area contributed by atoms with Gasteiger partial charge in [0.05, 0.1) is 17.6 Å². The van der Waals surface area contributed by atoms with Crippen LogP contribution >= 0.6 is 0 Å². The Morgan fingerprint density at radius 2 is 1.59 bits per heavy atom. The predicted molar refractivity (Wildman–Crippen MR) is 181 cm³/mol. The van der Waals surface area contributed by atoms with E-state index in [1.807, 2.05) is 31.2 Å². The maximum absolute atomic E-state index is 14.0. The predicted octanol–water partition coefficient (Wildman–Crippen LogP) is 5.66. The quantitative estimate of drug-likeness (QED) is 0.248. The molecule has 1 heterocycles. The van der Waals surface area contributed by atoms with Gasteiger partial charge in [-0.05, 0) is 98.9 Å². The van der Waals surface area contributed by atoms with Crippen molar-refractivity contribution in [2.24, 2.45) is 23.2 Å². The summed E-state index contributed by atoms with van der Waals surface area (Å²) in [7, 11) is -0.592. The van der Waals surface area contributed by atoms with Gasteiger partial charge in [0.25, 0.3) is 11.8 Å². The topological polar surface area (TPSA) is 106 Å². The molecular weight excluding hydrogens is 577 g/mol. The standard InChI is InChI=1S/C37H52BN3O5/c1-8-9-10-25-13-17-27(18-14-25)34(43)40-29(22-39-33(42)26-15-11-24(4)12-16-26)35(44)41-32(19-23(2)3)38-45-31-21-28-20-30(36(28,5)6)37(31,7)46-38/h11-18,23,28-32H,8-10,19-22H2,1-7H3,(H,39,42)(H,40,43)(H,41,44)/t28-,29?,30-,31?,32?,37-/m0/s1. The number of benzene rings is 2. The second-order valence-corrected chi connectivity index (χ2v) is 15.0. The van der Waals surface area contributed by atoms with E-state index in [2.05, 4.69) is 57.5 Å². The first-order valence-corrected chi connectivity index (χ1v) is 17.2. The molecule has 0 spiro atoms. The Morgan fingerprint density at radius 3 is 2.22 bits per heavy atom. The molecule has 3 unspecified atom stereocenters. The van der Waals surface area contributed by atoms with E-state index in [1.165, 1.54) is 5.56 Å². The molecule has 3 aliphatic carbocycles. The highest BCUT2D eigenvalue weighted by Crippen LogP contribution is 2.65. The highest BCUT2D eigenvalue weighted by Gasteiger charge is 2.68. The van der Waals surface area contributed by atoms with Crippen molar-refractivity contribution in [3.05, 3.63) is 70.8 Å². The molecule has 0 aromatic heterocycles. The summed E-state index contributed by atoms with van der Waals surface area (Å²) >= 11 is 0. The Balaban J connectivity index is 1.31. The minimum absolute atomic E-state index is 0.00886. The van der Waals surface area contributed by atoms with E-state index in [1.54, 1.807) is 24.3 Å². The van der Waals surface area contributed by atoms with Crippen LogP contribution in [0.4, 0.5) is 0 Å². The molecule has 6 atom stereocenters. The van der Waals surface area contributed by atoms with Crippen LogP contribution in [0.5, 0.6) is 0 Å². The van der Waals surface area contributed by atoms with Gasteiger partial charge >= 0.3 is 7.12 Å². The number of amides is 3. The van der Waals surface area contributed by atoms with Crippen molar-refractivity contribution in [3.63, 3.8) is 0 Å². The molecule has 6 rings (SSSR count). The van der Waals surface area contributed by atoms with Crippen LogP contribution in [0.3, 0.4) is 0 Å². The highest BCUT2D eigenvalue weighted by atomic mass is 16.7. The number of nitrogens with one attached hydrogen (secondary N) is 3. The average Bonchev–Trinajstić information content (AvgIpc) is 3.39. The van der Waals surface area contributed by atoms with Crippen LogP contribution in [0.1, 0.15) is 105 Å². The lowest BCUT2D eigenvalue weighted by molar-refractivity contribution is -0.199. The first-order chi connectivity index (χ1) is 21.8. The molecule has 4 fully saturated rings. The highest BCUT2D eigenvalue weighted by molar-refractivity contribution is 6.48. The van der Waals surface area contributed by atoms with E-state index in [4.69, 9.17) is 9.31 Å². The lowest BCUT2D eigenvalue weighted by atomic mass is 9.43. The molecule has 2 aromatic carbocycles. The molecule has 0 radical (unpaired) electrons. The molecule has 3 amide bonds. The number of aryl methyl sites for hydroxylation is 2. The van der Waals surface area contributed by atoms with Crippen LogP contribution in [-0.4, -0.2) is 55.1 Å². The van der Waals surface area contributed by atoms with Crippen molar-refractivity contribution >= 4 is 24.8 Å². The molecule has 248 valence electrons. The van der Waals surface area contributed by atoms with Gasteiger partial charge in [-0.2, -0.15) is 0 Å². The molecule has 3 N–H and O–H groups in total. The van der Waals surface area contributed by atoms with E-state index in [-0.39, 0.29) is 41.7 Å². The summed E-state index contributed by atoms with van der Waals surface area (Å²) in [5.74, 6) is -0.207. The second-order valence-electron chi connectivity index (χ2n) is 15.0. The van der Waals surface area contributed by atoms with Crippen LogP contribution in [0.15, 0.2) is 48.5 Å². The van der Waals surface area contributed by atoms with Gasteiger partial charge in [-0.15, -0.1) is 0 Å². The van der Waals surface area contributed by atoms with E-state index in [0.717, 1.165) is 37.7 Å². The summed E-state index contributed by atoms with van der Waals surface area (Å²) < 4.78 is 13.3. The normalized spacial score (nSPS) is 25.7. The maximum Gasteiger partial charge on any atom is 0.481 e. The van der Waals surface area contributed by atoms with Crippen molar-refractivity contribution < 1.29 is 23.7 Å². The van der Waals surface area contributed by atoms with E-state index in [0.29, 0.717) is 29.4 Å². The van der Waals surface area contributed by atoms with Gasteiger partial charge < -0.3 is 25.3 Å². The van der Waals surface area contributed by atoms with Crippen molar-refractivity contribution in [3.8, 4) is 0 Å². The zero-order valence-corrected chi connectivity index (χ0v) is 28.7. The van der Waals surface area contributed by atoms with Crippen molar-refractivity contribution in [1.82, 2.24) is 16.0 Å². The molecule has 3 saturated carbocycles. The largest absolute Gasteiger partial charge is 0.481 e. The molecule has 4 aliphatic rings. The third-order valence-electron chi connectivity index (χ3n) is 10.8. The Hall–Kier alpha value is -3.17. The minimum Gasteiger partial charge on any atom is -0.404 e. The van der Waals surface area contributed by atoms with Gasteiger partial charge in [0.15, 0.2) is 0 Å². The Bertz CT molecular complexity index is 1390. The smallest absolute Gasteiger partial charge is 0.404 e. The average molecular weight is 630 g/mol. The summed E-state index contributed by atoms with van der Waals surface area (Å²) in [6, 6.07) is 13.7. The van der Waals surface area contributed by atoms with E-state index < -0.39 is 24.7 Å². The van der Waals surface area contributed by atoms with E-state index >= 15 is 0 Å². The first-order valence-electron chi connectivity index (χ1n) is 17.2. The van der Waals surface area contributed by atoms with Crippen molar-refractivity contribution in [2.75, 3.05) is 6.54 Å². The number of hydrogen-bond acceptors (Lipinski definition) is 5. The molecule has 1 saturated heterocycles. The van der Waals surface area contributed by atoms with Gasteiger partial charge in [-0.1, -0.05) is 70.9 Å². The van der Waals surface area contributed by atoms with Gasteiger partial charge in [0.2, 0.25) is 5.91 Å².